The molecule has 0 radical (unpaired) electrons. The topological polar surface area (TPSA) is 90.9 Å². The van der Waals surface area contributed by atoms with Crippen LogP contribution in [0.5, 0.6) is 11.5 Å². The molecule has 7 nitrogen and oxygen atoms in total. The second kappa shape index (κ2) is 7.19. The molecule has 0 spiro atoms. The van der Waals surface area contributed by atoms with E-state index in [-0.39, 0.29) is 25.5 Å². The molecule has 1 aliphatic heterocycles. The van der Waals surface area contributed by atoms with E-state index >= 15 is 0 Å². The molecule has 1 aliphatic rings. The summed E-state index contributed by atoms with van der Waals surface area (Å²) < 4.78 is 21.9. The van der Waals surface area contributed by atoms with Crippen molar-refractivity contribution in [2.75, 3.05) is 12.1 Å². The van der Waals surface area contributed by atoms with Gasteiger partial charge in [0.25, 0.3) is 0 Å². The number of fused-ring (bicyclic) bond motifs is 3. The van der Waals surface area contributed by atoms with Crippen molar-refractivity contribution in [3.63, 3.8) is 0 Å². The summed E-state index contributed by atoms with van der Waals surface area (Å²) in [6, 6.07) is 7.21. The van der Waals surface area contributed by atoms with Crippen molar-refractivity contribution in [2.24, 2.45) is 0 Å². The lowest BCUT2D eigenvalue weighted by molar-refractivity contribution is -0.116. The number of ether oxygens (including phenoxy) is 2. The van der Waals surface area contributed by atoms with E-state index < -0.39 is 5.63 Å². The Morgan fingerprint density at radius 3 is 2.65 bits per heavy atom. The van der Waals surface area contributed by atoms with Gasteiger partial charge in [-0.15, -0.1) is 0 Å². The summed E-state index contributed by atoms with van der Waals surface area (Å²) in [4.78, 5) is 25.2. The fourth-order valence-corrected chi connectivity index (χ4v) is 4.04. The summed E-state index contributed by atoms with van der Waals surface area (Å²) in [6.07, 6.45) is 2.13. The van der Waals surface area contributed by atoms with Crippen molar-refractivity contribution >= 4 is 33.5 Å². The Morgan fingerprint density at radius 2 is 1.81 bits per heavy atom. The predicted molar refractivity (Wildman–Crippen MR) is 116 cm³/mol. The molecular formula is C24H21NO6. The van der Waals surface area contributed by atoms with E-state index in [0.717, 1.165) is 33.0 Å². The van der Waals surface area contributed by atoms with Gasteiger partial charge in [0.05, 0.1) is 6.26 Å². The zero-order valence-electron chi connectivity index (χ0n) is 17.5. The first kappa shape index (κ1) is 19.2. The molecule has 0 fully saturated rings. The largest absolute Gasteiger partial charge is 0.464 e. The van der Waals surface area contributed by atoms with Gasteiger partial charge in [0, 0.05) is 40.1 Å². The molecule has 158 valence electrons. The molecule has 0 saturated carbocycles. The second-order valence-electron chi connectivity index (χ2n) is 7.78. The molecule has 1 amide bonds. The monoisotopic (exact) mass is 419 g/mol. The van der Waals surface area contributed by atoms with E-state index in [4.69, 9.17) is 18.3 Å². The average molecular weight is 419 g/mol. The van der Waals surface area contributed by atoms with Crippen LogP contribution in [0.1, 0.15) is 28.7 Å². The molecule has 0 atom stereocenters. The number of carbonyl (C=O) groups is 1. The minimum Gasteiger partial charge on any atom is -0.464 e. The van der Waals surface area contributed by atoms with E-state index in [1.165, 1.54) is 0 Å². The van der Waals surface area contributed by atoms with Gasteiger partial charge in [0.2, 0.25) is 12.7 Å². The van der Waals surface area contributed by atoms with Crippen LogP contribution < -0.4 is 20.4 Å². The quantitative estimate of drug-likeness (QED) is 0.480. The number of rotatable bonds is 4. The average Bonchev–Trinajstić information content (AvgIpc) is 3.35. The van der Waals surface area contributed by atoms with Gasteiger partial charge in [-0.1, -0.05) is 0 Å². The first-order valence-electron chi connectivity index (χ1n) is 10.1. The molecule has 2 aromatic heterocycles. The summed E-state index contributed by atoms with van der Waals surface area (Å²) in [5.41, 5.74) is 4.60. The van der Waals surface area contributed by atoms with Crippen molar-refractivity contribution < 1.29 is 23.1 Å². The third-order valence-electron chi connectivity index (χ3n) is 5.79. The minimum absolute atomic E-state index is 0.150. The Bertz CT molecular complexity index is 1410. The number of carbonyl (C=O) groups excluding carboxylic acids is 1. The van der Waals surface area contributed by atoms with Crippen LogP contribution in [-0.4, -0.2) is 12.7 Å². The van der Waals surface area contributed by atoms with Crippen molar-refractivity contribution in [1.29, 1.82) is 0 Å². The Hall–Kier alpha value is -3.74. The second-order valence-corrected chi connectivity index (χ2v) is 7.78. The summed E-state index contributed by atoms with van der Waals surface area (Å²) in [5, 5.41) is 4.69. The molecule has 3 heterocycles. The van der Waals surface area contributed by atoms with Crippen LogP contribution >= 0.6 is 0 Å². The van der Waals surface area contributed by atoms with Crippen LogP contribution in [0.2, 0.25) is 0 Å². The number of hydrogen-bond donors (Lipinski definition) is 1. The maximum Gasteiger partial charge on any atom is 0.339 e. The number of benzene rings is 2. The lowest BCUT2D eigenvalue weighted by atomic mass is 9.98. The maximum atomic E-state index is 12.7. The van der Waals surface area contributed by atoms with Crippen molar-refractivity contribution in [2.45, 2.75) is 33.6 Å². The summed E-state index contributed by atoms with van der Waals surface area (Å²) in [5.74, 6) is 1.05. The first-order chi connectivity index (χ1) is 14.9. The van der Waals surface area contributed by atoms with Gasteiger partial charge in [0.1, 0.15) is 11.2 Å². The normalized spacial score (nSPS) is 12.6. The van der Waals surface area contributed by atoms with Crippen LogP contribution in [0.3, 0.4) is 0 Å². The Morgan fingerprint density at radius 1 is 1.00 bits per heavy atom. The zero-order chi connectivity index (χ0) is 21.7. The third kappa shape index (κ3) is 3.22. The van der Waals surface area contributed by atoms with Gasteiger partial charge in [-0.2, -0.15) is 0 Å². The zero-order valence-corrected chi connectivity index (χ0v) is 17.5. The first-order valence-corrected chi connectivity index (χ1v) is 10.1. The Labute approximate surface area is 177 Å². The van der Waals surface area contributed by atoms with Gasteiger partial charge < -0.3 is 23.6 Å². The molecule has 31 heavy (non-hydrogen) atoms. The number of furan rings is 1. The molecule has 0 saturated heterocycles. The highest BCUT2D eigenvalue weighted by Gasteiger charge is 2.19. The van der Waals surface area contributed by atoms with Gasteiger partial charge >= 0.3 is 5.63 Å². The lowest BCUT2D eigenvalue weighted by Crippen LogP contribution is -2.16. The van der Waals surface area contributed by atoms with E-state index in [2.05, 4.69) is 5.32 Å². The molecule has 0 unspecified atom stereocenters. The number of nitrogens with one attached hydrogen (secondary N) is 1. The highest BCUT2D eigenvalue weighted by Crippen LogP contribution is 2.35. The smallest absolute Gasteiger partial charge is 0.339 e. The fraction of sp³-hybridized carbons (Fsp3) is 0.250. The SMILES string of the molecule is Cc1coc2c(C)c3oc(=O)c(CCC(=O)Nc4ccc5c(c4)OCO5)c(C)c3cc12. The number of hydrogen-bond acceptors (Lipinski definition) is 6. The van der Waals surface area contributed by atoms with E-state index in [9.17, 15) is 9.59 Å². The third-order valence-corrected chi connectivity index (χ3v) is 5.79. The molecule has 0 bridgehead atoms. The van der Waals surface area contributed by atoms with Crippen LogP contribution in [0.25, 0.3) is 21.9 Å². The molecule has 0 aliphatic carbocycles. The number of amides is 1. The molecular weight excluding hydrogens is 398 g/mol. The van der Waals surface area contributed by atoms with E-state index in [1.54, 1.807) is 24.5 Å². The molecule has 5 rings (SSSR count). The minimum atomic E-state index is -0.424. The Kier molecular flexibility index (Phi) is 4.46. The highest BCUT2D eigenvalue weighted by molar-refractivity contribution is 5.99. The fourth-order valence-electron chi connectivity index (χ4n) is 4.04. The van der Waals surface area contributed by atoms with Crippen LogP contribution in [0.15, 0.2) is 44.2 Å². The lowest BCUT2D eigenvalue weighted by Gasteiger charge is -2.10. The molecule has 4 aromatic rings. The highest BCUT2D eigenvalue weighted by atomic mass is 16.7. The van der Waals surface area contributed by atoms with Crippen molar-refractivity contribution in [1.82, 2.24) is 0 Å². The van der Waals surface area contributed by atoms with Gasteiger partial charge in [-0.05, 0) is 56.5 Å². The summed E-state index contributed by atoms with van der Waals surface area (Å²) >= 11 is 0. The van der Waals surface area contributed by atoms with Crippen LogP contribution in [-0.2, 0) is 11.2 Å². The summed E-state index contributed by atoms with van der Waals surface area (Å²) in [6.45, 7) is 5.93. The van der Waals surface area contributed by atoms with Crippen molar-refractivity contribution in [3.05, 3.63) is 63.2 Å². The van der Waals surface area contributed by atoms with E-state index in [1.807, 2.05) is 26.8 Å². The molecule has 1 N–H and O–H groups in total. The van der Waals surface area contributed by atoms with Gasteiger partial charge in [-0.3, -0.25) is 4.79 Å². The van der Waals surface area contributed by atoms with Crippen LogP contribution in [0.4, 0.5) is 5.69 Å². The van der Waals surface area contributed by atoms with Gasteiger partial charge in [0.15, 0.2) is 11.5 Å². The number of aryl methyl sites for hydroxylation is 3. The summed E-state index contributed by atoms with van der Waals surface area (Å²) in [7, 11) is 0. The molecule has 2 aromatic carbocycles. The molecule has 7 heteroatoms. The van der Waals surface area contributed by atoms with Gasteiger partial charge in [-0.25, -0.2) is 4.79 Å². The van der Waals surface area contributed by atoms with Crippen LogP contribution in [0, 0.1) is 20.8 Å². The standard InChI is InChI=1S/C24H21NO6/c1-12-10-28-22-14(3)23-18(9-17(12)22)13(2)16(24(27)31-23)5-7-21(26)25-15-4-6-19-20(8-15)30-11-29-19/h4,6,8-10H,5,7,11H2,1-3H3,(H,25,26). The maximum absolute atomic E-state index is 12.7. The van der Waals surface area contributed by atoms with E-state index in [0.29, 0.717) is 28.3 Å². The number of anilines is 1. The van der Waals surface area contributed by atoms with Crippen molar-refractivity contribution in [3.8, 4) is 11.5 Å². The Balaban J connectivity index is 1.41. The predicted octanol–water partition coefficient (Wildman–Crippen LogP) is 4.76.